The first-order valence-corrected chi connectivity index (χ1v) is 11.0. The van der Waals surface area contributed by atoms with Crippen molar-refractivity contribution in [3.8, 4) is 23.0 Å². The lowest BCUT2D eigenvalue weighted by atomic mass is 10.0. The maximum absolute atomic E-state index is 6.14. The van der Waals surface area contributed by atoms with Gasteiger partial charge in [-0.25, -0.2) is 9.97 Å². The third-order valence-electron chi connectivity index (χ3n) is 6.20. The van der Waals surface area contributed by atoms with E-state index in [-0.39, 0.29) is 6.79 Å². The lowest BCUT2D eigenvalue weighted by Gasteiger charge is -2.32. The van der Waals surface area contributed by atoms with Crippen LogP contribution in [-0.4, -0.2) is 55.0 Å². The minimum Gasteiger partial charge on any atom is -0.493 e. The van der Waals surface area contributed by atoms with E-state index in [0.29, 0.717) is 41.5 Å². The molecule has 8 nitrogen and oxygen atoms in total. The molecule has 2 aliphatic heterocycles. The fraction of sp³-hybridized carbons (Fsp3) is 0.417. The van der Waals surface area contributed by atoms with Crippen LogP contribution < -0.4 is 24.3 Å². The van der Waals surface area contributed by atoms with Gasteiger partial charge in [0.25, 0.3) is 0 Å². The monoisotopic (exact) mass is 436 g/mol. The van der Waals surface area contributed by atoms with Crippen molar-refractivity contribution in [2.24, 2.45) is 0 Å². The SMILES string of the molecule is COc1cc2c(Nc3cccc4c3OCO4)ncnc2cc1OCCC1CCCCN1C. The van der Waals surface area contributed by atoms with Crippen LogP contribution in [-0.2, 0) is 0 Å². The number of anilines is 2. The standard InChI is InChI=1S/C24H28N4O4/c1-28-10-4-3-6-16(28)9-11-30-22-13-19-17(12-21(22)29-2)24(26-14-25-19)27-18-7-5-8-20-23(18)32-15-31-20/h5,7-8,12-14,16H,3-4,6,9-11,15H2,1-2H3,(H,25,26,27). The molecule has 8 heteroatoms. The molecule has 3 aromatic rings. The predicted molar refractivity (Wildman–Crippen MR) is 122 cm³/mol. The largest absolute Gasteiger partial charge is 0.493 e. The lowest BCUT2D eigenvalue weighted by molar-refractivity contribution is 0.152. The van der Waals surface area contributed by atoms with E-state index in [1.807, 2.05) is 30.3 Å². The molecule has 5 rings (SSSR count). The number of likely N-dealkylation sites (tertiary alicyclic amines) is 1. The van der Waals surface area contributed by atoms with Gasteiger partial charge in [0, 0.05) is 17.5 Å². The number of hydrogen-bond donors (Lipinski definition) is 1. The van der Waals surface area contributed by atoms with Gasteiger partial charge in [0.15, 0.2) is 23.0 Å². The average Bonchev–Trinajstić information content (AvgIpc) is 3.30. The van der Waals surface area contributed by atoms with E-state index in [1.165, 1.54) is 25.8 Å². The van der Waals surface area contributed by atoms with Gasteiger partial charge in [-0.05, 0) is 51.1 Å². The van der Waals surface area contributed by atoms with E-state index < -0.39 is 0 Å². The summed E-state index contributed by atoms with van der Waals surface area (Å²) in [6, 6.07) is 10.1. The number of nitrogens with zero attached hydrogens (tertiary/aromatic N) is 3. The Morgan fingerprint density at radius 1 is 1.16 bits per heavy atom. The van der Waals surface area contributed by atoms with Crippen molar-refractivity contribution < 1.29 is 18.9 Å². The van der Waals surface area contributed by atoms with Crippen molar-refractivity contribution in [3.63, 3.8) is 0 Å². The summed E-state index contributed by atoms with van der Waals surface area (Å²) in [7, 11) is 3.85. The third kappa shape index (κ3) is 4.10. The van der Waals surface area contributed by atoms with Crippen molar-refractivity contribution >= 4 is 22.4 Å². The Hall–Kier alpha value is -3.26. The van der Waals surface area contributed by atoms with Crippen LogP contribution in [0.3, 0.4) is 0 Å². The summed E-state index contributed by atoms with van der Waals surface area (Å²) in [4.78, 5) is 11.3. The molecule has 1 unspecified atom stereocenters. The zero-order chi connectivity index (χ0) is 21.9. The number of methoxy groups -OCH3 is 1. The molecule has 2 aromatic carbocycles. The topological polar surface area (TPSA) is 78.0 Å². The molecule has 1 fully saturated rings. The normalized spacial score (nSPS) is 18.0. The van der Waals surface area contributed by atoms with E-state index >= 15 is 0 Å². The number of aromatic nitrogens is 2. The van der Waals surface area contributed by atoms with Gasteiger partial charge < -0.3 is 29.2 Å². The second-order valence-corrected chi connectivity index (χ2v) is 8.17. The molecule has 32 heavy (non-hydrogen) atoms. The maximum Gasteiger partial charge on any atom is 0.231 e. The number of nitrogens with one attached hydrogen (secondary N) is 1. The lowest BCUT2D eigenvalue weighted by Crippen LogP contribution is -2.37. The van der Waals surface area contributed by atoms with Gasteiger partial charge >= 0.3 is 0 Å². The summed E-state index contributed by atoms with van der Waals surface area (Å²) in [6.07, 6.45) is 6.35. The molecule has 0 amide bonds. The van der Waals surface area contributed by atoms with E-state index in [0.717, 1.165) is 23.0 Å². The fourth-order valence-electron chi connectivity index (χ4n) is 4.41. The minimum atomic E-state index is 0.212. The zero-order valence-corrected chi connectivity index (χ0v) is 18.5. The molecule has 1 aromatic heterocycles. The Kier molecular flexibility index (Phi) is 5.85. The molecule has 2 aliphatic rings. The smallest absolute Gasteiger partial charge is 0.231 e. The molecule has 0 spiro atoms. The molecule has 0 radical (unpaired) electrons. The molecule has 1 atom stereocenters. The predicted octanol–water partition coefficient (Wildman–Crippen LogP) is 4.36. The van der Waals surface area contributed by atoms with Crippen molar-refractivity contribution in [2.75, 3.05) is 39.4 Å². The highest BCUT2D eigenvalue weighted by Gasteiger charge is 2.20. The summed E-state index contributed by atoms with van der Waals surface area (Å²) in [5, 5.41) is 4.18. The van der Waals surface area contributed by atoms with Gasteiger partial charge in [0.05, 0.1) is 24.9 Å². The van der Waals surface area contributed by atoms with Crippen molar-refractivity contribution in [2.45, 2.75) is 31.7 Å². The number of ether oxygens (including phenoxy) is 4. The molecule has 0 bridgehead atoms. The van der Waals surface area contributed by atoms with Crippen LogP contribution in [0.5, 0.6) is 23.0 Å². The molecular formula is C24H28N4O4. The summed E-state index contributed by atoms with van der Waals surface area (Å²) in [6.45, 7) is 2.02. The quantitative estimate of drug-likeness (QED) is 0.585. The molecule has 1 N–H and O–H groups in total. The highest BCUT2D eigenvalue weighted by Crippen LogP contribution is 2.41. The van der Waals surface area contributed by atoms with Crippen LogP contribution in [0, 0.1) is 0 Å². The van der Waals surface area contributed by atoms with Crippen LogP contribution in [0.4, 0.5) is 11.5 Å². The van der Waals surface area contributed by atoms with Crippen LogP contribution in [0.15, 0.2) is 36.7 Å². The first-order chi connectivity index (χ1) is 15.7. The Labute approximate surface area is 187 Å². The summed E-state index contributed by atoms with van der Waals surface area (Å²) in [5.74, 6) is 3.40. The molecule has 0 saturated carbocycles. The Bertz CT molecular complexity index is 1110. The molecule has 1 saturated heterocycles. The zero-order valence-electron chi connectivity index (χ0n) is 18.5. The molecule has 168 valence electrons. The van der Waals surface area contributed by atoms with E-state index in [4.69, 9.17) is 18.9 Å². The van der Waals surface area contributed by atoms with E-state index in [9.17, 15) is 0 Å². The Morgan fingerprint density at radius 2 is 2.09 bits per heavy atom. The maximum atomic E-state index is 6.14. The highest BCUT2D eigenvalue weighted by molar-refractivity contribution is 5.93. The first kappa shape index (κ1) is 20.6. The van der Waals surface area contributed by atoms with Gasteiger partial charge in [-0.1, -0.05) is 12.5 Å². The highest BCUT2D eigenvalue weighted by atomic mass is 16.7. The van der Waals surface area contributed by atoms with Crippen LogP contribution in [0.1, 0.15) is 25.7 Å². The first-order valence-electron chi connectivity index (χ1n) is 11.0. The number of para-hydroxylation sites is 1. The van der Waals surface area contributed by atoms with Crippen molar-refractivity contribution in [1.82, 2.24) is 14.9 Å². The third-order valence-corrected chi connectivity index (χ3v) is 6.20. The van der Waals surface area contributed by atoms with E-state index in [2.05, 4.69) is 27.2 Å². The van der Waals surface area contributed by atoms with Gasteiger partial charge in [-0.2, -0.15) is 0 Å². The average molecular weight is 437 g/mol. The van der Waals surface area contributed by atoms with Crippen LogP contribution in [0.2, 0.25) is 0 Å². The summed E-state index contributed by atoms with van der Waals surface area (Å²) >= 11 is 0. The van der Waals surface area contributed by atoms with Crippen LogP contribution in [0.25, 0.3) is 10.9 Å². The molecule has 0 aliphatic carbocycles. The van der Waals surface area contributed by atoms with Crippen molar-refractivity contribution in [3.05, 3.63) is 36.7 Å². The van der Waals surface area contributed by atoms with E-state index in [1.54, 1.807) is 13.4 Å². The molecule has 3 heterocycles. The Balaban J connectivity index is 1.37. The number of piperidine rings is 1. The van der Waals surface area contributed by atoms with Gasteiger partial charge in [0.2, 0.25) is 6.79 Å². The number of hydrogen-bond acceptors (Lipinski definition) is 8. The second kappa shape index (κ2) is 9.08. The fourth-order valence-corrected chi connectivity index (χ4v) is 4.41. The Morgan fingerprint density at radius 3 is 2.97 bits per heavy atom. The summed E-state index contributed by atoms with van der Waals surface area (Å²) in [5.41, 5.74) is 1.56. The number of rotatable bonds is 7. The number of benzene rings is 2. The van der Waals surface area contributed by atoms with Crippen molar-refractivity contribution in [1.29, 1.82) is 0 Å². The minimum absolute atomic E-state index is 0.212. The number of fused-ring (bicyclic) bond motifs is 2. The summed E-state index contributed by atoms with van der Waals surface area (Å²) < 4.78 is 22.8. The second-order valence-electron chi connectivity index (χ2n) is 8.17. The molecular weight excluding hydrogens is 408 g/mol. The van der Waals surface area contributed by atoms with Gasteiger partial charge in [-0.15, -0.1) is 0 Å². The van der Waals surface area contributed by atoms with Gasteiger partial charge in [-0.3, -0.25) is 0 Å². The van der Waals surface area contributed by atoms with Crippen LogP contribution >= 0.6 is 0 Å². The van der Waals surface area contributed by atoms with Gasteiger partial charge in [0.1, 0.15) is 12.1 Å².